The lowest BCUT2D eigenvalue weighted by Crippen LogP contribution is -2.41. The first-order valence-electron chi connectivity index (χ1n) is 8.07. The van der Waals surface area contributed by atoms with Crippen molar-refractivity contribution in [3.05, 3.63) is 80.0 Å². The summed E-state index contributed by atoms with van der Waals surface area (Å²) >= 11 is 5.83. The van der Waals surface area contributed by atoms with E-state index in [0.29, 0.717) is 15.3 Å². The molecule has 3 aromatic rings. The van der Waals surface area contributed by atoms with Gasteiger partial charge in [0.1, 0.15) is 5.69 Å². The van der Waals surface area contributed by atoms with Gasteiger partial charge in [0.25, 0.3) is 5.88 Å². The van der Waals surface area contributed by atoms with Crippen molar-refractivity contribution in [2.24, 2.45) is 0 Å². The quantitative estimate of drug-likeness (QED) is 0.625. The molecule has 2 aromatic carbocycles. The minimum Gasteiger partial charge on any atom is -0.476 e. The van der Waals surface area contributed by atoms with E-state index < -0.39 is 29.2 Å². The Labute approximate surface area is 166 Å². The molecule has 0 N–H and O–H groups in total. The average Bonchev–Trinajstić information content (AvgIpc) is 2.66. The van der Waals surface area contributed by atoms with Crippen LogP contribution in [0, 0.1) is 0 Å². The molecule has 152 valence electrons. The number of ether oxygens (including phenoxy) is 2. The van der Waals surface area contributed by atoms with Crippen LogP contribution in [-0.4, -0.2) is 27.8 Å². The molecule has 1 aromatic heterocycles. The normalized spacial score (nSPS) is 11.3. The number of halogens is 4. The Morgan fingerprint density at radius 3 is 2.34 bits per heavy atom. The minimum atomic E-state index is -4.98. The van der Waals surface area contributed by atoms with Gasteiger partial charge in [0.15, 0.2) is 5.75 Å². The highest BCUT2D eigenvalue weighted by atomic mass is 35.5. The first-order chi connectivity index (χ1) is 13.7. The Hall–Kier alpha value is -3.27. The third-order valence-electron chi connectivity index (χ3n) is 3.80. The molecule has 0 aliphatic heterocycles. The molecule has 0 radical (unpaired) electrons. The van der Waals surface area contributed by atoms with E-state index in [4.69, 9.17) is 16.3 Å². The standard InChI is InChI=1S/C18H13ClF3N3O4/c1-28-15-16(26)24(10-11-6-8-12(19)9-7-11)17(27)25(23-15)13-4-2-3-5-14(13)29-18(20,21)22/h2-9H,10H2,1H3. The number of rotatable bonds is 5. The van der Waals surface area contributed by atoms with Gasteiger partial charge in [-0.05, 0) is 29.8 Å². The molecule has 3 rings (SSSR count). The van der Waals surface area contributed by atoms with E-state index in [1.807, 2.05) is 0 Å². The Kier molecular flexibility index (Phi) is 5.64. The molecule has 0 aliphatic carbocycles. The van der Waals surface area contributed by atoms with Crippen LogP contribution in [0.15, 0.2) is 58.1 Å². The van der Waals surface area contributed by atoms with Crippen LogP contribution in [0.5, 0.6) is 11.6 Å². The van der Waals surface area contributed by atoms with Gasteiger partial charge in [-0.3, -0.25) is 4.79 Å². The number of para-hydroxylation sites is 2. The van der Waals surface area contributed by atoms with E-state index in [2.05, 4.69) is 9.84 Å². The number of nitrogens with zero attached hydrogens (tertiary/aromatic N) is 3. The van der Waals surface area contributed by atoms with Crippen LogP contribution in [0.4, 0.5) is 13.2 Å². The van der Waals surface area contributed by atoms with Gasteiger partial charge in [-0.25, -0.2) is 9.36 Å². The highest BCUT2D eigenvalue weighted by Crippen LogP contribution is 2.27. The smallest absolute Gasteiger partial charge is 0.476 e. The van der Waals surface area contributed by atoms with E-state index in [0.717, 1.165) is 17.7 Å². The molecule has 0 saturated carbocycles. The van der Waals surface area contributed by atoms with Gasteiger partial charge in [0.05, 0.1) is 13.7 Å². The Bertz CT molecular complexity index is 1140. The predicted octanol–water partition coefficient (Wildman–Crippen LogP) is 3.00. The first kappa shape index (κ1) is 20.5. The number of hydrogen-bond donors (Lipinski definition) is 0. The fourth-order valence-electron chi connectivity index (χ4n) is 2.53. The molecule has 0 saturated heterocycles. The molecule has 0 amide bonds. The van der Waals surface area contributed by atoms with Crippen LogP contribution in [0.2, 0.25) is 5.02 Å². The number of alkyl halides is 3. The van der Waals surface area contributed by atoms with E-state index in [9.17, 15) is 22.8 Å². The van der Waals surface area contributed by atoms with Crippen molar-refractivity contribution in [1.82, 2.24) is 14.3 Å². The van der Waals surface area contributed by atoms with Crippen molar-refractivity contribution in [3.63, 3.8) is 0 Å². The third kappa shape index (κ3) is 4.60. The van der Waals surface area contributed by atoms with Crippen LogP contribution in [0.25, 0.3) is 5.69 Å². The monoisotopic (exact) mass is 427 g/mol. The average molecular weight is 428 g/mol. The molecule has 11 heteroatoms. The molecule has 1 heterocycles. The summed E-state index contributed by atoms with van der Waals surface area (Å²) in [6, 6.07) is 11.3. The largest absolute Gasteiger partial charge is 0.573 e. The van der Waals surface area contributed by atoms with E-state index in [-0.39, 0.29) is 12.2 Å². The van der Waals surface area contributed by atoms with Crippen LogP contribution < -0.4 is 20.7 Å². The van der Waals surface area contributed by atoms with Crippen molar-refractivity contribution < 1.29 is 22.6 Å². The van der Waals surface area contributed by atoms with E-state index in [1.54, 1.807) is 24.3 Å². The highest BCUT2D eigenvalue weighted by Gasteiger charge is 2.32. The second-order valence-corrected chi connectivity index (χ2v) is 6.17. The van der Waals surface area contributed by atoms with Crippen LogP contribution >= 0.6 is 11.6 Å². The molecule has 0 fully saturated rings. The molecular weight excluding hydrogens is 415 g/mol. The second-order valence-electron chi connectivity index (χ2n) is 5.74. The molecule has 29 heavy (non-hydrogen) atoms. The van der Waals surface area contributed by atoms with Crippen LogP contribution in [0.3, 0.4) is 0 Å². The Morgan fingerprint density at radius 1 is 1.07 bits per heavy atom. The van der Waals surface area contributed by atoms with E-state index in [1.165, 1.54) is 18.2 Å². The summed E-state index contributed by atoms with van der Waals surface area (Å²) in [6.07, 6.45) is -4.98. The van der Waals surface area contributed by atoms with Crippen molar-refractivity contribution in [1.29, 1.82) is 0 Å². The van der Waals surface area contributed by atoms with Gasteiger partial charge in [0, 0.05) is 5.02 Å². The van der Waals surface area contributed by atoms with Gasteiger partial charge in [-0.1, -0.05) is 35.9 Å². The zero-order valence-electron chi connectivity index (χ0n) is 14.8. The number of aromatic nitrogens is 3. The minimum absolute atomic E-state index is 0.171. The van der Waals surface area contributed by atoms with Crippen molar-refractivity contribution >= 4 is 11.6 Å². The van der Waals surface area contributed by atoms with Gasteiger partial charge in [0.2, 0.25) is 0 Å². The third-order valence-corrected chi connectivity index (χ3v) is 4.05. The van der Waals surface area contributed by atoms with Gasteiger partial charge in [-0.2, -0.15) is 4.68 Å². The highest BCUT2D eigenvalue weighted by molar-refractivity contribution is 6.30. The Morgan fingerprint density at radius 2 is 1.72 bits per heavy atom. The zero-order chi connectivity index (χ0) is 21.2. The zero-order valence-corrected chi connectivity index (χ0v) is 15.6. The molecular formula is C18H13ClF3N3O4. The topological polar surface area (TPSA) is 75.3 Å². The summed E-state index contributed by atoms with van der Waals surface area (Å²) in [5.74, 6) is -1.13. The number of methoxy groups -OCH3 is 1. The van der Waals surface area contributed by atoms with Crippen LogP contribution in [-0.2, 0) is 6.54 Å². The van der Waals surface area contributed by atoms with Crippen molar-refractivity contribution in [2.75, 3.05) is 7.11 Å². The summed E-state index contributed by atoms with van der Waals surface area (Å²) < 4.78 is 48.5. The summed E-state index contributed by atoms with van der Waals surface area (Å²) in [7, 11) is 1.16. The maximum absolute atomic E-state index is 12.9. The van der Waals surface area contributed by atoms with Gasteiger partial charge >= 0.3 is 17.6 Å². The van der Waals surface area contributed by atoms with Crippen molar-refractivity contribution in [2.45, 2.75) is 12.9 Å². The molecule has 0 bridgehead atoms. The Balaban J connectivity index is 2.18. The lowest BCUT2D eigenvalue weighted by atomic mass is 10.2. The van der Waals surface area contributed by atoms with Gasteiger partial charge in [-0.15, -0.1) is 18.3 Å². The van der Waals surface area contributed by atoms with Crippen molar-refractivity contribution in [3.8, 4) is 17.3 Å². The van der Waals surface area contributed by atoms with Crippen LogP contribution in [0.1, 0.15) is 5.56 Å². The molecule has 0 atom stereocenters. The molecule has 0 aliphatic rings. The summed E-state index contributed by atoms with van der Waals surface area (Å²) in [4.78, 5) is 25.4. The van der Waals surface area contributed by atoms with E-state index >= 15 is 0 Å². The number of hydrogen-bond acceptors (Lipinski definition) is 5. The molecule has 0 spiro atoms. The maximum Gasteiger partial charge on any atom is 0.573 e. The molecule has 0 unspecified atom stereocenters. The second kappa shape index (κ2) is 8.00. The lowest BCUT2D eigenvalue weighted by Gasteiger charge is -2.15. The first-order valence-corrected chi connectivity index (χ1v) is 8.45. The summed E-state index contributed by atoms with van der Waals surface area (Å²) in [6.45, 7) is -0.171. The van der Waals surface area contributed by atoms with Gasteiger partial charge < -0.3 is 9.47 Å². The summed E-state index contributed by atoms with van der Waals surface area (Å²) in [5, 5.41) is 4.21. The fraction of sp³-hybridized carbons (Fsp3) is 0.167. The predicted molar refractivity (Wildman–Crippen MR) is 97.9 cm³/mol. The lowest BCUT2D eigenvalue weighted by molar-refractivity contribution is -0.274. The fourth-order valence-corrected chi connectivity index (χ4v) is 2.66. The maximum atomic E-state index is 12.9. The summed E-state index contributed by atoms with van der Waals surface area (Å²) in [5.41, 5.74) is -1.55. The molecule has 7 nitrogen and oxygen atoms in total. The SMILES string of the molecule is COc1nn(-c2ccccc2OC(F)(F)F)c(=O)n(Cc2ccc(Cl)cc2)c1=O. The number of benzene rings is 2.